The van der Waals surface area contributed by atoms with Gasteiger partial charge in [-0.15, -0.1) is 0 Å². The zero-order valence-electron chi connectivity index (χ0n) is 11.9. The van der Waals surface area contributed by atoms with Crippen LogP contribution in [-0.4, -0.2) is 21.1 Å². The molecule has 5 nitrogen and oxygen atoms in total. The first-order valence-corrected chi connectivity index (χ1v) is 6.64. The Morgan fingerprint density at radius 3 is 2.60 bits per heavy atom. The van der Waals surface area contributed by atoms with Crippen molar-refractivity contribution in [1.29, 1.82) is 0 Å². The van der Waals surface area contributed by atoms with Gasteiger partial charge in [0.05, 0.1) is 10.6 Å². The molecule has 6 heteroatoms. The van der Waals surface area contributed by atoms with Gasteiger partial charge in [-0.05, 0) is 13.0 Å². The Morgan fingerprint density at radius 2 is 2.05 bits per heavy atom. The number of halogens is 1. The number of hydrogen-bond donors (Lipinski definition) is 2. The van der Waals surface area contributed by atoms with E-state index in [4.69, 9.17) is 11.6 Å². The van der Waals surface area contributed by atoms with Crippen molar-refractivity contribution in [3.63, 3.8) is 0 Å². The molecule has 0 aliphatic heterocycles. The molecule has 2 aromatic rings. The lowest BCUT2D eigenvalue weighted by Gasteiger charge is -2.14. The number of pyridine rings is 1. The third-order valence-corrected chi connectivity index (χ3v) is 3.18. The molecule has 106 valence electrons. The summed E-state index contributed by atoms with van der Waals surface area (Å²) in [6.07, 6.45) is 1.46. The van der Waals surface area contributed by atoms with E-state index in [9.17, 15) is 4.79 Å². The van der Waals surface area contributed by atoms with Crippen molar-refractivity contribution < 1.29 is 4.79 Å². The molecule has 0 atom stereocenters. The molecule has 0 aliphatic rings. The maximum atomic E-state index is 12.1. The molecule has 2 rings (SSSR count). The number of hydrogen-bond acceptors (Lipinski definition) is 3. The summed E-state index contributed by atoms with van der Waals surface area (Å²) >= 11 is 6.04. The summed E-state index contributed by atoms with van der Waals surface area (Å²) in [5.74, 6) is 0.144. The van der Waals surface area contributed by atoms with Gasteiger partial charge in [0, 0.05) is 29.1 Å². The molecule has 0 radical (unpaired) electrons. The highest BCUT2D eigenvalue weighted by atomic mass is 35.5. The Hall–Kier alpha value is -1.88. The fourth-order valence-corrected chi connectivity index (χ4v) is 1.94. The van der Waals surface area contributed by atoms with Crippen LogP contribution in [-0.2, 0) is 5.41 Å². The fraction of sp³-hybridized carbons (Fsp3) is 0.357. The Morgan fingerprint density at radius 1 is 1.35 bits per heavy atom. The lowest BCUT2D eigenvalue weighted by atomic mass is 9.92. The first-order valence-electron chi connectivity index (χ1n) is 6.27. The molecule has 1 amide bonds. The second kappa shape index (κ2) is 5.25. The van der Waals surface area contributed by atoms with Gasteiger partial charge in [0.15, 0.2) is 5.82 Å². The molecule has 0 aromatic carbocycles. The average Bonchev–Trinajstić information content (AvgIpc) is 2.76. The quantitative estimate of drug-likeness (QED) is 0.892. The molecule has 0 unspecified atom stereocenters. The van der Waals surface area contributed by atoms with Gasteiger partial charge in [0.25, 0.3) is 5.91 Å². The highest BCUT2D eigenvalue weighted by molar-refractivity contribution is 6.34. The minimum absolute atomic E-state index is 0.0565. The number of amides is 1. The largest absolute Gasteiger partial charge is 0.305 e. The van der Waals surface area contributed by atoms with E-state index < -0.39 is 0 Å². The van der Waals surface area contributed by atoms with Gasteiger partial charge in [0.2, 0.25) is 0 Å². The lowest BCUT2D eigenvalue weighted by molar-refractivity contribution is 0.102. The van der Waals surface area contributed by atoms with Crippen molar-refractivity contribution in [2.45, 2.75) is 33.1 Å². The van der Waals surface area contributed by atoms with Crippen LogP contribution in [0.25, 0.3) is 0 Å². The van der Waals surface area contributed by atoms with Crippen LogP contribution < -0.4 is 5.32 Å². The summed E-state index contributed by atoms with van der Waals surface area (Å²) in [7, 11) is 0. The zero-order chi connectivity index (χ0) is 14.9. The highest BCUT2D eigenvalue weighted by Crippen LogP contribution is 2.23. The normalized spacial score (nSPS) is 11.4. The van der Waals surface area contributed by atoms with Gasteiger partial charge >= 0.3 is 0 Å². The number of aromatic amines is 1. The summed E-state index contributed by atoms with van der Waals surface area (Å²) in [5.41, 5.74) is 1.99. The Kier molecular flexibility index (Phi) is 3.81. The van der Waals surface area contributed by atoms with Crippen molar-refractivity contribution in [3.8, 4) is 0 Å². The number of H-pyrrole nitrogens is 1. The van der Waals surface area contributed by atoms with Gasteiger partial charge in [0.1, 0.15) is 0 Å². The summed E-state index contributed by atoms with van der Waals surface area (Å²) in [4.78, 5) is 16.2. The van der Waals surface area contributed by atoms with Gasteiger partial charge in [-0.2, -0.15) is 5.10 Å². The molecular weight excluding hydrogens is 276 g/mol. The van der Waals surface area contributed by atoms with Crippen molar-refractivity contribution in [2.24, 2.45) is 0 Å². The minimum atomic E-state index is -0.325. The maximum Gasteiger partial charge on any atom is 0.259 e. The topological polar surface area (TPSA) is 70.7 Å². The van der Waals surface area contributed by atoms with Crippen LogP contribution in [0.3, 0.4) is 0 Å². The van der Waals surface area contributed by atoms with Gasteiger partial charge in [-0.3, -0.25) is 14.9 Å². The summed E-state index contributed by atoms with van der Waals surface area (Å²) in [5, 5.41) is 10.1. The molecule has 0 fully saturated rings. The summed E-state index contributed by atoms with van der Waals surface area (Å²) in [6, 6.07) is 3.47. The number of aromatic nitrogens is 3. The first kappa shape index (κ1) is 14.5. The Bertz CT molecular complexity index is 643. The van der Waals surface area contributed by atoms with E-state index in [1.54, 1.807) is 6.07 Å². The average molecular weight is 293 g/mol. The van der Waals surface area contributed by atoms with E-state index in [0.29, 0.717) is 16.4 Å². The van der Waals surface area contributed by atoms with Crippen LogP contribution in [0, 0.1) is 6.92 Å². The Balaban J connectivity index is 2.17. The third-order valence-electron chi connectivity index (χ3n) is 2.86. The predicted molar refractivity (Wildman–Crippen MR) is 79.2 cm³/mol. The van der Waals surface area contributed by atoms with Crippen LogP contribution in [0.15, 0.2) is 18.3 Å². The van der Waals surface area contributed by atoms with Crippen molar-refractivity contribution in [2.75, 3.05) is 5.32 Å². The molecule has 2 heterocycles. The van der Waals surface area contributed by atoms with Crippen molar-refractivity contribution in [1.82, 2.24) is 15.2 Å². The number of anilines is 1. The van der Waals surface area contributed by atoms with E-state index >= 15 is 0 Å². The smallest absolute Gasteiger partial charge is 0.259 e. The second-order valence-electron chi connectivity index (χ2n) is 5.68. The van der Waals surface area contributed by atoms with Crippen molar-refractivity contribution >= 4 is 23.3 Å². The minimum Gasteiger partial charge on any atom is -0.305 e. The molecule has 0 saturated heterocycles. The zero-order valence-corrected chi connectivity index (χ0v) is 12.7. The number of nitrogens with one attached hydrogen (secondary N) is 2. The molecule has 2 N–H and O–H groups in total. The first-order chi connectivity index (χ1) is 9.27. The molecule has 0 bridgehead atoms. The number of rotatable bonds is 2. The monoisotopic (exact) mass is 292 g/mol. The van der Waals surface area contributed by atoms with Gasteiger partial charge in [-0.25, -0.2) is 0 Å². The van der Waals surface area contributed by atoms with Gasteiger partial charge < -0.3 is 5.32 Å². The van der Waals surface area contributed by atoms with Crippen molar-refractivity contribution in [3.05, 3.63) is 40.3 Å². The SMILES string of the molecule is Cc1cc(Cl)c(C(=O)Nc2cc(C(C)(C)C)[nH]n2)cn1. The predicted octanol–water partition coefficient (Wildman–Crippen LogP) is 3.32. The summed E-state index contributed by atoms with van der Waals surface area (Å²) in [6.45, 7) is 8.00. The van der Waals surface area contributed by atoms with E-state index in [1.165, 1.54) is 6.20 Å². The molecule has 0 aliphatic carbocycles. The van der Waals surface area contributed by atoms with Crippen LogP contribution in [0.2, 0.25) is 5.02 Å². The Labute approximate surface area is 122 Å². The lowest BCUT2D eigenvalue weighted by Crippen LogP contribution is -2.13. The standard InChI is InChI=1S/C14H17ClN4O/c1-8-5-10(15)9(7-16-8)13(20)17-12-6-11(18-19-12)14(2,3)4/h5-7H,1-4H3,(H2,17,18,19,20). The molecule has 0 saturated carbocycles. The van der Waals surface area contributed by atoms with E-state index in [2.05, 4.69) is 41.3 Å². The molecular formula is C14H17ClN4O. The molecule has 20 heavy (non-hydrogen) atoms. The second-order valence-corrected chi connectivity index (χ2v) is 6.08. The summed E-state index contributed by atoms with van der Waals surface area (Å²) < 4.78 is 0. The van der Waals surface area contributed by atoms with E-state index in [0.717, 1.165) is 11.4 Å². The number of carbonyl (C=O) groups is 1. The van der Waals surface area contributed by atoms with Crippen LogP contribution in [0.4, 0.5) is 5.82 Å². The van der Waals surface area contributed by atoms with Crippen LogP contribution in [0.5, 0.6) is 0 Å². The third kappa shape index (κ3) is 3.17. The molecule has 0 spiro atoms. The van der Waals surface area contributed by atoms with E-state index in [1.807, 2.05) is 13.0 Å². The van der Waals surface area contributed by atoms with E-state index in [-0.39, 0.29) is 11.3 Å². The van der Waals surface area contributed by atoms with Crippen LogP contribution in [0.1, 0.15) is 42.5 Å². The number of aryl methyl sites for hydroxylation is 1. The van der Waals surface area contributed by atoms with Crippen LogP contribution >= 0.6 is 11.6 Å². The number of nitrogens with zero attached hydrogens (tertiary/aromatic N) is 2. The fourth-order valence-electron chi connectivity index (χ4n) is 1.65. The highest BCUT2D eigenvalue weighted by Gasteiger charge is 2.18. The number of carbonyl (C=O) groups excluding carboxylic acids is 1. The maximum absolute atomic E-state index is 12.1. The van der Waals surface area contributed by atoms with Gasteiger partial charge in [-0.1, -0.05) is 32.4 Å². The molecule has 2 aromatic heterocycles.